The lowest BCUT2D eigenvalue weighted by Crippen LogP contribution is -2.58. The van der Waals surface area contributed by atoms with Crippen molar-refractivity contribution >= 4 is 11.9 Å². The smallest absolute Gasteiger partial charge is 0.313 e. The molecule has 0 saturated carbocycles. The normalized spacial score (nSPS) is 23.9. The highest BCUT2D eigenvalue weighted by Gasteiger charge is 2.54. The van der Waals surface area contributed by atoms with Crippen LogP contribution in [0.5, 0.6) is 0 Å². The van der Waals surface area contributed by atoms with E-state index in [9.17, 15) is 9.59 Å². The van der Waals surface area contributed by atoms with Crippen molar-refractivity contribution in [3.05, 3.63) is 96.6 Å². The molecule has 2 aromatic carbocycles. The van der Waals surface area contributed by atoms with Crippen molar-refractivity contribution < 1.29 is 19.1 Å². The topological polar surface area (TPSA) is 67.9 Å². The van der Waals surface area contributed by atoms with Crippen molar-refractivity contribution in [1.82, 2.24) is 10.2 Å². The van der Waals surface area contributed by atoms with Gasteiger partial charge < -0.3 is 14.8 Å². The third-order valence-corrected chi connectivity index (χ3v) is 6.34. The maximum Gasteiger partial charge on any atom is 0.313 e. The van der Waals surface area contributed by atoms with Crippen molar-refractivity contribution in [2.24, 2.45) is 5.92 Å². The number of nitrogens with zero attached hydrogens (tertiary/aromatic N) is 1. The molecule has 6 heteroatoms. The first-order chi connectivity index (χ1) is 16.1. The summed E-state index contributed by atoms with van der Waals surface area (Å²) in [6.45, 7) is 4.79. The molecule has 2 aliphatic rings. The fraction of sp³-hybridized carbons (Fsp3) is 0.333. The SMILES string of the molecule is C=CCN([C@H]1[C@H](C(=O)OC)[C@H]2C=C[C@@H]1O2)[C@H](Cc1ccccc1)C(=O)NCc1ccccc1. The number of hydrogen-bond donors (Lipinski definition) is 1. The van der Waals surface area contributed by atoms with Crippen LogP contribution in [0.2, 0.25) is 0 Å². The minimum atomic E-state index is -0.511. The number of methoxy groups -OCH3 is 1. The average molecular weight is 447 g/mol. The summed E-state index contributed by atoms with van der Waals surface area (Å²) in [5.74, 6) is -0.917. The van der Waals surface area contributed by atoms with Gasteiger partial charge in [-0.3, -0.25) is 14.5 Å². The van der Waals surface area contributed by atoms with Gasteiger partial charge in [-0.15, -0.1) is 6.58 Å². The molecule has 2 bridgehead atoms. The molecule has 0 unspecified atom stereocenters. The van der Waals surface area contributed by atoms with Gasteiger partial charge in [0.15, 0.2) is 0 Å². The monoisotopic (exact) mass is 446 g/mol. The van der Waals surface area contributed by atoms with Crippen molar-refractivity contribution in [1.29, 1.82) is 0 Å². The first-order valence-corrected chi connectivity index (χ1v) is 11.3. The van der Waals surface area contributed by atoms with Gasteiger partial charge in [0.1, 0.15) is 5.92 Å². The quantitative estimate of drug-likeness (QED) is 0.449. The Bertz CT molecular complexity index is 992. The number of fused-ring (bicyclic) bond motifs is 2. The largest absolute Gasteiger partial charge is 0.469 e. The molecule has 172 valence electrons. The van der Waals surface area contributed by atoms with Crippen LogP contribution in [-0.4, -0.2) is 54.7 Å². The number of nitrogens with one attached hydrogen (secondary N) is 1. The highest BCUT2D eigenvalue weighted by Crippen LogP contribution is 2.39. The minimum absolute atomic E-state index is 0.0973. The summed E-state index contributed by atoms with van der Waals surface area (Å²) in [7, 11) is 1.39. The van der Waals surface area contributed by atoms with Gasteiger partial charge in [-0.25, -0.2) is 0 Å². The first-order valence-electron chi connectivity index (χ1n) is 11.3. The predicted octanol–water partition coefficient (Wildman–Crippen LogP) is 2.90. The van der Waals surface area contributed by atoms with E-state index in [0.29, 0.717) is 19.5 Å². The van der Waals surface area contributed by atoms with Crippen LogP contribution in [0.15, 0.2) is 85.5 Å². The molecular formula is C27H30N2O4. The number of carbonyl (C=O) groups is 2. The lowest BCUT2D eigenvalue weighted by atomic mass is 9.86. The number of ether oxygens (including phenoxy) is 2. The Labute approximate surface area is 194 Å². The molecule has 33 heavy (non-hydrogen) atoms. The standard InChI is InChI=1S/C27H30N2O4/c1-3-16-29(25-23-15-14-22(33-23)24(25)27(31)32-2)21(17-19-10-6-4-7-11-19)26(30)28-18-20-12-8-5-9-13-20/h3-15,21-25H,1,16-18H2,2H3,(H,28,30)/t21-,22-,23+,24-,25-/m1/s1. The Balaban J connectivity index is 1.63. The lowest BCUT2D eigenvalue weighted by molar-refractivity contribution is -0.149. The molecule has 2 aliphatic heterocycles. The molecule has 1 fully saturated rings. The molecule has 0 spiro atoms. The molecule has 1 saturated heterocycles. The van der Waals surface area contributed by atoms with E-state index in [1.165, 1.54) is 7.11 Å². The molecule has 1 N–H and O–H groups in total. The van der Waals surface area contributed by atoms with E-state index in [4.69, 9.17) is 9.47 Å². The molecule has 5 atom stereocenters. The number of benzene rings is 2. The third-order valence-electron chi connectivity index (χ3n) is 6.34. The highest BCUT2D eigenvalue weighted by atomic mass is 16.5. The van der Waals surface area contributed by atoms with E-state index in [1.54, 1.807) is 6.08 Å². The van der Waals surface area contributed by atoms with Gasteiger partial charge in [-0.05, 0) is 17.5 Å². The van der Waals surface area contributed by atoms with E-state index in [2.05, 4.69) is 16.8 Å². The molecule has 4 rings (SSSR count). The van der Waals surface area contributed by atoms with Gasteiger partial charge in [-0.2, -0.15) is 0 Å². The number of hydrogen-bond acceptors (Lipinski definition) is 5. The average Bonchev–Trinajstić information content (AvgIpc) is 3.47. The number of carbonyl (C=O) groups excluding carboxylic acids is 2. The molecule has 1 amide bonds. The van der Waals surface area contributed by atoms with Crippen molar-refractivity contribution in [3.63, 3.8) is 0 Å². The molecule has 2 heterocycles. The Kier molecular flexibility index (Phi) is 7.37. The molecule has 0 radical (unpaired) electrons. The van der Waals surface area contributed by atoms with Crippen molar-refractivity contribution in [3.8, 4) is 0 Å². The van der Waals surface area contributed by atoms with Gasteiger partial charge in [-0.1, -0.05) is 78.9 Å². The summed E-state index contributed by atoms with van der Waals surface area (Å²) >= 11 is 0. The Morgan fingerprint density at radius 3 is 2.33 bits per heavy atom. The number of esters is 1. The minimum Gasteiger partial charge on any atom is -0.469 e. The molecular weight excluding hydrogens is 416 g/mol. The zero-order chi connectivity index (χ0) is 23.2. The molecule has 0 aromatic heterocycles. The number of amides is 1. The van der Waals surface area contributed by atoms with Crippen LogP contribution in [0, 0.1) is 5.92 Å². The van der Waals surface area contributed by atoms with Gasteiger partial charge in [0, 0.05) is 13.1 Å². The van der Waals surface area contributed by atoms with E-state index in [0.717, 1.165) is 11.1 Å². The van der Waals surface area contributed by atoms with Crippen LogP contribution in [0.1, 0.15) is 11.1 Å². The van der Waals surface area contributed by atoms with Crippen molar-refractivity contribution in [2.45, 2.75) is 37.3 Å². The van der Waals surface area contributed by atoms with Crippen LogP contribution in [0.25, 0.3) is 0 Å². The molecule has 0 aliphatic carbocycles. The first kappa shape index (κ1) is 23.0. The van der Waals surface area contributed by atoms with Gasteiger partial charge >= 0.3 is 5.97 Å². The van der Waals surface area contributed by atoms with E-state index >= 15 is 0 Å². The van der Waals surface area contributed by atoms with Crippen LogP contribution in [-0.2, 0) is 32.0 Å². The van der Waals surface area contributed by atoms with Crippen molar-refractivity contribution in [2.75, 3.05) is 13.7 Å². The summed E-state index contributed by atoms with van der Waals surface area (Å²) in [5, 5.41) is 3.09. The highest BCUT2D eigenvalue weighted by molar-refractivity contribution is 5.82. The summed E-state index contributed by atoms with van der Waals surface area (Å²) in [4.78, 5) is 28.3. The zero-order valence-electron chi connectivity index (χ0n) is 18.8. The predicted molar refractivity (Wildman–Crippen MR) is 126 cm³/mol. The van der Waals surface area contributed by atoms with Crippen LogP contribution >= 0.6 is 0 Å². The Hall–Kier alpha value is -3.22. The second-order valence-corrected chi connectivity index (χ2v) is 8.38. The second-order valence-electron chi connectivity index (χ2n) is 8.38. The van der Waals surface area contributed by atoms with Crippen LogP contribution in [0.3, 0.4) is 0 Å². The fourth-order valence-electron chi connectivity index (χ4n) is 4.80. The summed E-state index contributed by atoms with van der Waals surface area (Å²) in [6, 6.07) is 18.9. The molecule has 6 nitrogen and oxygen atoms in total. The van der Waals surface area contributed by atoms with Gasteiger partial charge in [0.25, 0.3) is 0 Å². The van der Waals surface area contributed by atoms with Gasteiger partial charge in [0.2, 0.25) is 5.91 Å². The molecule has 2 aromatic rings. The third kappa shape index (κ3) is 5.07. The lowest BCUT2D eigenvalue weighted by Gasteiger charge is -2.39. The van der Waals surface area contributed by atoms with E-state index in [-0.39, 0.29) is 30.1 Å². The maximum absolute atomic E-state index is 13.6. The Morgan fingerprint density at radius 1 is 1.06 bits per heavy atom. The zero-order valence-corrected chi connectivity index (χ0v) is 18.8. The second kappa shape index (κ2) is 10.6. The number of rotatable bonds is 10. The summed E-state index contributed by atoms with van der Waals surface area (Å²) in [6.07, 6.45) is 5.54. The summed E-state index contributed by atoms with van der Waals surface area (Å²) in [5.41, 5.74) is 2.07. The van der Waals surface area contributed by atoms with E-state index in [1.807, 2.05) is 72.8 Å². The van der Waals surface area contributed by atoms with E-state index < -0.39 is 12.0 Å². The van der Waals surface area contributed by atoms with Crippen LogP contribution < -0.4 is 5.32 Å². The Morgan fingerprint density at radius 2 is 1.70 bits per heavy atom. The fourth-order valence-corrected chi connectivity index (χ4v) is 4.80. The van der Waals surface area contributed by atoms with Crippen LogP contribution in [0.4, 0.5) is 0 Å². The van der Waals surface area contributed by atoms with Gasteiger partial charge in [0.05, 0.1) is 31.4 Å². The maximum atomic E-state index is 13.6. The summed E-state index contributed by atoms with van der Waals surface area (Å²) < 4.78 is 11.1.